The Balaban J connectivity index is 0.00000484. The molecule has 0 bridgehead atoms. The molecule has 0 aromatic heterocycles. The summed E-state index contributed by atoms with van der Waals surface area (Å²) in [5.41, 5.74) is 5.95. The zero-order valence-corrected chi connectivity index (χ0v) is 14.3. The smallest absolute Gasteiger partial charge is 0.341 e. The van der Waals surface area contributed by atoms with Crippen LogP contribution in [0, 0.1) is 5.92 Å². The molecule has 0 saturated heterocycles. The van der Waals surface area contributed by atoms with Gasteiger partial charge in [0.05, 0.1) is 16.3 Å². The first-order chi connectivity index (χ1) is 10.2. The van der Waals surface area contributed by atoms with Crippen LogP contribution >= 0.6 is 12.4 Å². The molecule has 1 amide bonds. The summed E-state index contributed by atoms with van der Waals surface area (Å²) in [4.78, 5) is 11.3. The average molecular weight is 372 g/mol. The molecule has 1 atom stereocenters. The highest BCUT2D eigenvalue weighted by Crippen LogP contribution is 2.28. The molecule has 10 heteroatoms. The van der Waals surface area contributed by atoms with Crippen molar-refractivity contribution in [3.63, 3.8) is 0 Å². The van der Waals surface area contributed by atoms with Crippen LogP contribution in [-0.4, -0.2) is 33.2 Å². The zero-order valence-electron chi connectivity index (χ0n) is 12.7. The van der Waals surface area contributed by atoms with Gasteiger partial charge in [0.2, 0.25) is 15.7 Å². The molecular formula is C13H20ClF2N3O3S. The predicted octanol–water partition coefficient (Wildman–Crippen LogP) is 2.07. The van der Waals surface area contributed by atoms with Gasteiger partial charge in [0, 0.05) is 19.0 Å². The van der Waals surface area contributed by atoms with Crippen LogP contribution in [0.1, 0.15) is 13.8 Å². The number of sulfone groups is 1. The van der Waals surface area contributed by atoms with Gasteiger partial charge in [-0.2, -0.15) is 8.78 Å². The van der Waals surface area contributed by atoms with Crippen LogP contribution in [0.5, 0.6) is 0 Å². The van der Waals surface area contributed by atoms with Crippen molar-refractivity contribution in [1.29, 1.82) is 0 Å². The maximum Gasteiger partial charge on any atom is 0.341 e. The van der Waals surface area contributed by atoms with E-state index in [2.05, 4.69) is 10.6 Å². The maximum atomic E-state index is 12.6. The molecule has 1 unspecified atom stereocenters. The van der Waals surface area contributed by atoms with Crippen molar-refractivity contribution >= 4 is 39.5 Å². The van der Waals surface area contributed by atoms with Crippen molar-refractivity contribution in [1.82, 2.24) is 0 Å². The summed E-state index contributed by atoms with van der Waals surface area (Å²) in [6.45, 7) is 4.02. The lowest BCUT2D eigenvalue weighted by atomic mass is 10.1. The van der Waals surface area contributed by atoms with Crippen molar-refractivity contribution in [3.8, 4) is 0 Å². The molecule has 0 fully saturated rings. The molecule has 0 spiro atoms. The number of hydrogen-bond donors (Lipinski definition) is 3. The van der Waals surface area contributed by atoms with Gasteiger partial charge < -0.3 is 16.4 Å². The number of benzene rings is 1. The highest BCUT2D eigenvalue weighted by molar-refractivity contribution is 7.91. The number of anilines is 2. The normalized spacial score (nSPS) is 12.4. The largest absolute Gasteiger partial charge is 0.384 e. The standard InChI is InChI=1S/C13H19F2N3O3S.ClH/c1-3-17-10-5-4-9(22(20,21)13(14)15)6-11(10)18-12(19)8(2)7-16;/h4-6,8,13,17H,3,7,16H2,1-2H3,(H,18,19);1H. The van der Waals surface area contributed by atoms with Gasteiger partial charge in [-0.15, -0.1) is 12.4 Å². The van der Waals surface area contributed by atoms with E-state index in [-0.39, 0.29) is 24.6 Å². The third-order valence-electron chi connectivity index (χ3n) is 2.98. The fourth-order valence-electron chi connectivity index (χ4n) is 1.61. The molecule has 4 N–H and O–H groups in total. The van der Waals surface area contributed by atoms with E-state index in [1.807, 2.05) is 0 Å². The second kappa shape index (κ2) is 8.99. The van der Waals surface area contributed by atoms with Crippen LogP contribution in [-0.2, 0) is 14.6 Å². The van der Waals surface area contributed by atoms with E-state index >= 15 is 0 Å². The minimum absolute atomic E-state index is 0. The van der Waals surface area contributed by atoms with Crippen molar-refractivity contribution in [3.05, 3.63) is 18.2 Å². The van der Waals surface area contributed by atoms with Crippen LogP contribution in [0.4, 0.5) is 20.2 Å². The van der Waals surface area contributed by atoms with E-state index in [0.717, 1.165) is 12.1 Å². The topological polar surface area (TPSA) is 101 Å². The Morgan fingerprint density at radius 1 is 1.30 bits per heavy atom. The number of nitrogens with one attached hydrogen (secondary N) is 2. The highest BCUT2D eigenvalue weighted by atomic mass is 35.5. The first-order valence-corrected chi connectivity index (χ1v) is 8.19. The molecule has 132 valence electrons. The molecule has 6 nitrogen and oxygen atoms in total. The first-order valence-electron chi connectivity index (χ1n) is 6.64. The van der Waals surface area contributed by atoms with Gasteiger partial charge >= 0.3 is 5.76 Å². The maximum absolute atomic E-state index is 12.6. The Bertz CT molecular complexity index is 641. The summed E-state index contributed by atoms with van der Waals surface area (Å²) in [7, 11) is -4.73. The molecule has 0 aliphatic carbocycles. The molecular weight excluding hydrogens is 352 g/mol. The van der Waals surface area contributed by atoms with Gasteiger partial charge in [-0.1, -0.05) is 6.92 Å². The number of nitrogens with two attached hydrogens (primary N) is 1. The lowest BCUT2D eigenvalue weighted by Crippen LogP contribution is -2.27. The summed E-state index contributed by atoms with van der Waals surface area (Å²) >= 11 is 0. The van der Waals surface area contributed by atoms with Crippen LogP contribution in [0.3, 0.4) is 0 Å². The number of carbonyl (C=O) groups excluding carboxylic acids is 1. The predicted molar refractivity (Wildman–Crippen MR) is 87.9 cm³/mol. The average Bonchev–Trinajstić information content (AvgIpc) is 2.47. The lowest BCUT2D eigenvalue weighted by molar-refractivity contribution is -0.119. The number of hydrogen-bond acceptors (Lipinski definition) is 5. The van der Waals surface area contributed by atoms with Crippen molar-refractivity contribution < 1.29 is 22.0 Å². The minimum atomic E-state index is -4.73. The van der Waals surface area contributed by atoms with Crippen molar-refractivity contribution in [2.24, 2.45) is 11.7 Å². The lowest BCUT2D eigenvalue weighted by Gasteiger charge is -2.16. The van der Waals surface area contributed by atoms with Crippen LogP contribution in [0.25, 0.3) is 0 Å². The third-order valence-corrected chi connectivity index (χ3v) is 4.36. The van der Waals surface area contributed by atoms with Crippen molar-refractivity contribution in [2.45, 2.75) is 24.5 Å². The van der Waals surface area contributed by atoms with E-state index in [1.165, 1.54) is 6.07 Å². The van der Waals surface area contributed by atoms with Crippen molar-refractivity contribution in [2.75, 3.05) is 23.7 Å². The van der Waals surface area contributed by atoms with Gasteiger partial charge in [-0.25, -0.2) is 8.42 Å². The van der Waals surface area contributed by atoms with Crippen LogP contribution < -0.4 is 16.4 Å². The number of rotatable bonds is 7. The summed E-state index contributed by atoms with van der Waals surface area (Å²) < 4.78 is 48.3. The molecule has 1 aromatic rings. The molecule has 0 aliphatic heterocycles. The fourth-order valence-corrected chi connectivity index (χ4v) is 2.36. The van der Waals surface area contributed by atoms with Gasteiger partial charge in [-0.3, -0.25) is 4.79 Å². The monoisotopic (exact) mass is 371 g/mol. The van der Waals surface area contributed by atoms with Gasteiger partial charge in [0.25, 0.3) is 0 Å². The number of halogens is 3. The fraction of sp³-hybridized carbons (Fsp3) is 0.462. The summed E-state index contributed by atoms with van der Waals surface area (Å²) in [5.74, 6) is -4.44. The Hall–Kier alpha value is -1.45. The Morgan fingerprint density at radius 2 is 1.91 bits per heavy atom. The van der Waals surface area contributed by atoms with E-state index in [4.69, 9.17) is 5.73 Å². The number of alkyl halides is 2. The van der Waals surface area contributed by atoms with Gasteiger partial charge in [0.15, 0.2) is 0 Å². The first kappa shape index (κ1) is 21.6. The van der Waals surface area contributed by atoms with Gasteiger partial charge in [-0.05, 0) is 25.1 Å². The second-order valence-corrected chi connectivity index (χ2v) is 6.59. The van der Waals surface area contributed by atoms with E-state index in [1.54, 1.807) is 13.8 Å². The number of amides is 1. The number of carbonyl (C=O) groups is 1. The quantitative estimate of drug-likeness (QED) is 0.681. The molecule has 0 heterocycles. The summed E-state index contributed by atoms with van der Waals surface area (Å²) in [5, 5.41) is 5.42. The summed E-state index contributed by atoms with van der Waals surface area (Å²) in [6, 6.07) is 3.42. The molecule has 1 aromatic carbocycles. The third kappa shape index (κ3) is 5.29. The molecule has 0 radical (unpaired) electrons. The molecule has 0 saturated carbocycles. The molecule has 23 heavy (non-hydrogen) atoms. The molecule has 1 rings (SSSR count). The summed E-state index contributed by atoms with van der Waals surface area (Å²) in [6.07, 6.45) is 0. The zero-order chi connectivity index (χ0) is 16.9. The van der Waals surface area contributed by atoms with E-state index < -0.39 is 32.3 Å². The van der Waals surface area contributed by atoms with Crippen LogP contribution in [0.2, 0.25) is 0 Å². The Morgan fingerprint density at radius 3 is 2.39 bits per heavy atom. The minimum Gasteiger partial charge on any atom is -0.384 e. The highest BCUT2D eigenvalue weighted by Gasteiger charge is 2.27. The van der Waals surface area contributed by atoms with Crippen LogP contribution in [0.15, 0.2) is 23.1 Å². The Kier molecular flexibility index (Phi) is 8.43. The molecule has 0 aliphatic rings. The Labute approximate surface area is 140 Å². The van der Waals surface area contributed by atoms with E-state index in [0.29, 0.717) is 12.2 Å². The second-order valence-electron chi connectivity index (χ2n) is 4.67. The van der Waals surface area contributed by atoms with Gasteiger partial charge in [0.1, 0.15) is 0 Å². The SMILES string of the molecule is CCNc1ccc(S(=O)(=O)C(F)F)cc1NC(=O)C(C)CN.Cl. The van der Waals surface area contributed by atoms with E-state index in [9.17, 15) is 22.0 Å².